The molecule has 1 saturated carbocycles. The quantitative estimate of drug-likeness (QED) is 0.227. The maximum absolute atomic E-state index is 10.9. The molecule has 36 heavy (non-hydrogen) atoms. The number of pyridine rings is 1. The van der Waals surface area contributed by atoms with Crippen molar-refractivity contribution in [2.75, 3.05) is 13.7 Å². The zero-order chi connectivity index (χ0) is 26.5. The fourth-order valence-corrected chi connectivity index (χ4v) is 4.21. The Kier molecular flexibility index (Phi) is 12.3. The van der Waals surface area contributed by atoms with Crippen molar-refractivity contribution in [2.45, 2.75) is 46.5 Å². The van der Waals surface area contributed by atoms with Crippen LogP contribution in [-0.2, 0) is 9.53 Å². The number of nitrogens with two attached hydrogens (primary N) is 1. The van der Waals surface area contributed by atoms with E-state index in [0.717, 1.165) is 40.2 Å². The summed E-state index contributed by atoms with van der Waals surface area (Å²) in [5.41, 5.74) is 12.1. The third kappa shape index (κ3) is 8.57. The Labute approximate surface area is 221 Å². The molecule has 1 aliphatic rings. The number of primary amides is 1. The van der Waals surface area contributed by atoms with Crippen LogP contribution in [0, 0.1) is 18.8 Å². The molecule has 3 N–H and O–H groups in total. The Bertz CT molecular complexity index is 1160. The fourth-order valence-electron chi connectivity index (χ4n) is 3.88. The number of carbonyl (C=O) groups excluding carboxylic acids is 2. The van der Waals surface area contributed by atoms with Crippen LogP contribution in [0.25, 0.3) is 5.52 Å². The molecule has 1 aliphatic carbocycles. The molecular weight excluding hydrogens is 522 g/mol. The lowest BCUT2D eigenvalue weighted by Gasteiger charge is -2.29. The van der Waals surface area contributed by atoms with Crippen LogP contribution in [0.15, 0.2) is 58.4 Å². The summed E-state index contributed by atoms with van der Waals surface area (Å²) in [7, 11) is 1.68. The van der Waals surface area contributed by atoms with Crippen molar-refractivity contribution >= 4 is 39.5 Å². The second kappa shape index (κ2) is 15.2. The smallest absolute Gasteiger partial charge is 0.252 e. The van der Waals surface area contributed by atoms with Crippen molar-refractivity contribution < 1.29 is 14.3 Å². The first-order chi connectivity index (χ1) is 17.3. The van der Waals surface area contributed by atoms with Gasteiger partial charge in [0, 0.05) is 35.9 Å². The molecule has 9 heteroatoms. The molecule has 2 heterocycles. The number of amides is 2. The Morgan fingerprint density at radius 3 is 2.56 bits per heavy atom. The molecule has 0 unspecified atom stereocenters. The van der Waals surface area contributed by atoms with Gasteiger partial charge in [0.15, 0.2) is 0 Å². The lowest BCUT2D eigenvalue weighted by Crippen LogP contribution is -2.23. The van der Waals surface area contributed by atoms with Gasteiger partial charge in [-0.2, -0.15) is 10.2 Å². The highest BCUT2D eigenvalue weighted by Gasteiger charge is 2.24. The van der Waals surface area contributed by atoms with Gasteiger partial charge in [0.2, 0.25) is 6.41 Å². The summed E-state index contributed by atoms with van der Waals surface area (Å²) in [4.78, 5) is 21.4. The molecular formula is C27H36BrN5O3. The predicted octanol–water partition coefficient (Wildman–Crippen LogP) is 5.12. The minimum absolute atomic E-state index is 0.374. The van der Waals surface area contributed by atoms with E-state index in [-0.39, 0.29) is 0 Å². The topological polar surface area (TPSA) is 111 Å². The van der Waals surface area contributed by atoms with E-state index in [1.54, 1.807) is 23.9 Å². The van der Waals surface area contributed by atoms with Crippen LogP contribution in [-0.4, -0.2) is 41.4 Å². The average molecular weight is 559 g/mol. The summed E-state index contributed by atoms with van der Waals surface area (Å²) >= 11 is 3.30. The van der Waals surface area contributed by atoms with Crippen LogP contribution in [0.4, 0.5) is 0 Å². The highest BCUT2D eigenvalue weighted by Crippen LogP contribution is 2.33. The summed E-state index contributed by atoms with van der Waals surface area (Å²) in [5, 5.41) is 8.27. The van der Waals surface area contributed by atoms with E-state index in [2.05, 4.69) is 62.3 Å². The number of benzene rings is 1. The summed E-state index contributed by atoms with van der Waals surface area (Å²) in [6, 6.07) is 11.8. The molecule has 1 atom stereocenters. The molecule has 0 saturated heterocycles. The molecule has 194 valence electrons. The first-order valence-electron chi connectivity index (χ1n) is 12.1. The number of hydrazone groups is 1. The number of hydrogen-bond donors (Lipinski definition) is 2. The van der Waals surface area contributed by atoms with Gasteiger partial charge >= 0.3 is 0 Å². The molecule has 1 fully saturated rings. The van der Waals surface area contributed by atoms with Crippen molar-refractivity contribution in [3.8, 4) is 0 Å². The van der Waals surface area contributed by atoms with Crippen LogP contribution in [0.3, 0.4) is 0 Å². The number of rotatable bonds is 8. The molecule has 2 amide bonds. The van der Waals surface area contributed by atoms with Gasteiger partial charge in [-0.15, -0.1) is 0 Å². The molecule has 1 aromatic carbocycles. The van der Waals surface area contributed by atoms with Gasteiger partial charge in [-0.05, 0) is 59.8 Å². The minimum Gasteiger partial charge on any atom is -0.385 e. The van der Waals surface area contributed by atoms with E-state index in [0.29, 0.717) is 17.9 Å². The van der Waals surface area contributed by atoms with Gasteiger partial charge in [0.05, 0.1) is 23.0 Å². The molecule has 0 bridgehead atoms. The number of aromatic nitrogens is 2. The summed E-state index contributed by atoms with van der Waals surface area (Å²) in [6.07, 6.45) is 9.06. The predicted molar refractivity (Wildman–Crippen MR) is 147 cm³/mol. The summed E-state index contributed by atoms with van der Waals surface area (Å²) in [6.45, 7) is 7.07. The van der Waals surface area contributed by atoms with Crippen LogP contribution >= 0.6 is 15.9 Å². The highest BCUT2D eigenvalue weighted by atomic mass is 79.9. The fraction of sp³-hybridized carbons (Fsp3) is 0.407. The Morgan fingerprint density at radius 1 is 1.31 bits per heavy atom. The number of aryl methyl sites for hydroxylation is 1. The Morgan fingerprint density at radius 2 is 2.00 bits per heavy atom. The monoisotopic (exact) mass is 557 g/mol. The SMILES string of the molecule is CCOC.Cc1ccccc1/C(=N\NC=O)[C@@H](C)CC1CCC1.NC(=O)c1cnn2cc(Br)ccc12. The number of nitrogens with one attached hydrogen (secondary N) is 1. The zero-order valence-corrected chi connectivity index (χ0v) is 23.0. The van der Waals surface area contributed by atoms with Crippen LogP contribution in [0.1, 0.15) is 61.0 Å². The van der Waals surface area contributed by atoms with Crippen LogP contribution < -0.4 is 11.2 Å². The van der Waals surface area contributed by atoms with E-state index in [1.165, 1.54) is 31.0 Å². The largest absolute Gasteiger partial charge is 0.385 e. The molecule has 0 spiro atoms. The lowest BCUT2D eigenvalue weighted by atomic mass is 9.77. The highest BCUT2D eigenvalue weighted by molar-refractivity contribution is 9.10. The van der Waals surface area contributed by atoms with Gasteiger partial charge in [0.1, 0.15) is 0 Å². The van der Waals surface area contributed by atoms with E-state index in [4.69, 9.17) is 5.73 Å². The number of halogens is 1. The van der Waals surface area contributed by atoms with Gasteiger partial charge < -0.3 is 10.5 Å². The van der Waals surface area contributed by atoms with Crippen LogP contribution in [0.2, 0.25) is 0 Å². The normalized spacial score (nSPS) is 14.0. The second-order valence-electron chi connectivity index (χ2n) is 8.67. The first kappa shape index (κ1) is 29.2. The Hall–Kier alpha value is -3.04. The maximum atomic E-state index is 10.9. The molecule has 8 nitrogen and oxygen atoms in total. The van der Waals surface area contributed by atoms with E-state index in [1.807, 2.05) is 25.1 Å². The van der Waals surface area contributed by atoms with Gasteiger partial charge in [-0.25, -0.2) is 9.94 Å². The zero-order valence-electron chi connectivity index (χ0n) is 21.4. The summed E-state index contributed by atoms with van der Waals surface area (Å²) in [5.74, 6) is 0.747. The first-order valence-corrected chi connectivity index (χ1v) is 12.9. The lowest BCUT2D eigenvalue weighted by molar-refractivity contribution is -0.109. The number of nitrogens with zero attached hydrogens (tertiary/aromatic N) is 3. The van der Waals surface area contributed by atoms with Crippen molar-refractivity contribution in [1.29, 1.82) is 0 Å². The number of hydrogen-bond acceptors (Lipinski definition) is 5. The Balaban J connectivity index is 0.000000232. The van der Waals surface area contributed by atoms with Gasteiger partial charge in [-0.1, -0.05) is 50.5 Å². The minimum atomic E-state index is -0.461. The van der Waals surface area contributed by atoms with E-state index >= 15 is 0 Å². The average Bonchev–Trinajstić information content (AvgIpc) is 3.26. The molecule has 0 aliphatic heterocycles. The molecule has 3 aromatic rings. The third-order valence-electron chi connectivity index (χ3n) is 6.07. The number of carbonyl (C=O) groups is 2. The molecule has 0 radical (unpaired) electrons. The van der Waals surface area contributed by atoms with Crippen molar-refractivity contribution in [3.05, 3.63) is 70.0 Å². The van der Waals surface area contributed by atoms with Gasteiger partial charge in [-0.3, -0.25) is 9.59 Å². The number of methoxy groups -OCH3 is 1. The van der Waals surface area contributed by atoms with Crippen molar-refractivity contribution in [3.63, 3.8) is 0 Å². The second-order valence-corrected chi connectivity index (χ2v) is 9.59. The molecule has 4 rings (SSSR count). The summed E-state index contributed by atoms with van der Waals surface area (Å²) < 4.78 is 7.04. The van der Waals surface area contributed by atoms with Crippen molar-refractivity contribution in [1.82, 2.24) is 15.0 Å². The number of ether oxygens (including phenoxy) is 1. The molecule has 2 aromatic heterocycles. The maximum Gasteiger partial charge on any atom is 0.252 e. The number of fused-ring (bicyclic) bond motifs is 1. The van der Waals surface area contributed by atoms with E-state index in [9.17, 15) is 9.59 Å². The van der Waals surface area contributed by atoms with Crippen molar-refractivity contribution in [2.24, 2.45) is 22.7 Å². The third-order valence-corrected chi connectivity index (χ3v) is 6.54. The van der Waals surface area contributed by atoms with Crippen LogP contribution in [0.5, 0.6) is 0 Å². The van der Waals surface area contributed by atoms with E-state index < -0.39 is 5.91 Å². The van der Waals surface area contributed by atoms with Gasteiger partial charge in [0.25, 0.3) is 5.91 Å². The standard InChI is InChI=1S/C16H22N2O.C8H6BrN3O.C3H8O/c1-12-6-3-4-9-15(12)16(18-17-11-19)13(2)10-14-7-5-8-14;9-5-1-2-7-6(8(10)13)3-11-12(7)4-5;1-3-4-2/h3-4,6,9,11,13-14H,5,7-8,10H2,1-2H3,(H,17,19);1-4H,(H2,10,13);3H2,1-2H3/b18-16-;;/t13-;;/m0../s1.